The van der Waals surface area contributed by atoms with Gasteiger partial charge in [0.15, 0.2) is 0 Å². The smallest absolute Gasteiger partial charge is 0.204 e. The fourth-order valence-electron chi connectivity index (χ4n) is 2.45. The Kier molecular flexibility index (Phi) is 2.74. The van der Waals surface area contributed by atoms with E-state index in [1.807, 2.05) is 0 Å². The maximum Gasteiger partial charge on any atom is 0.204 e. The summed E-state index contributed by atoms with van der Waals surface area (Å²) in [6, 6.07) is 6.38. The van der Waals surface area contributed by atoms with Crippen LogP contribution in [0.25, 0.3) is 11.4 Å². The van der Waals surface area contributed by atoms with Crippen molar-refractivity contribution in [1.82, 2.24) is 20.2 Å². The largest absolute Gasteiger partial charge is 0.371 e. The Balaban J connectivity index is 1.99. The van der Waals surface area contributed by atoms with E-state index in [1.54, 1.807) is 7.05 Å². The van der Waals surface area contributed by atoms with E-state index in [4.69, 9.17) is 0 Å². The van der Waals surface area contributed by atoms with Crippen molar-refractivity contribution in [2.24, 2.45) is 7.05 Å². The lowest BCUT2D eigenvalue weighted by molar-refractivity contribution is 0.630. The topological polar surface area (TPSA) is 46.8 Å². The van der Waals surface area contributed by atoms with Gasteiger partial charge in [0, 0.05) is 24.3 Å². The zero-order chi connectivity index (χ0) is 12.5. The van der Waals surface area contributed by atoms with E-state index < -0.39 is 0 Å². The van der Waals surface area contributed by atoms with Gasteiger partial charge in [-0.15, -0.1) is 10.2 Å². The Labute approximate surface area is 106 Å². The van der Waals surface area contributed by atoms with Crippen molar-refractivity contribution in [2.75, 3.05) is 18.0 Å². The number of tetrazole rings is 1. The van der Waals surface area contributed by atoms with Crippen LogP contribution in [0.2, 0.25) is 0 Å². The van der Waals surface area contributed by atoms with E-state index in [9.17, 15) is 0 Å². The molecule has 2 aromatic rings. The highest BCUT2D eigenvalue weighted by molar-refractivity contribution is 5.66. The van der Waals surface area contributed by atoms with Crippen LogP contribution >= 0.6 is 0 Å². The highest BCUT2D eigenvalue weighted by atomic mass is 15.6. The molecule has 1 fully saturated rings. The van der Waals surface area contributed by atoms with Crippen LogP contribution in [0.1, 0.15) is 18.4 Å². The monoisotopic (exact) mass is 243 g/mol. The maximum atomic E-state index is 4.25. The lowest BCUT2D eigenvalue weighted by atomic mass is 10.1. The average molecular weight is 243 g/mol. The Morgan fingerprint density at radius 1 is 1.17 bits per heavy atom. The summed E-state index contributed by atoms with van der Waals surface area (Å²) in [4.78, 5) is 3.93. The van der Waals surface area contributed by atoms with Crippen LogP contribution in [0, 0.1) is 6.92 Å². The molecule has 0 bridgehead atoms. The van der Waals surface area contributed by atoms with Crippen molar-refractivity contribution >= 4 is 5.69 Å². The van der Waals surface area contributed by atoms with Gasteiger partial charge in [0.1, 0.15) is 0 Å². The molecule has 5 heteroatoms. The van der Waals surface area contributed by atoms with Gasteiger partial charge in [-0.25, -0.2) is 0 Å². The molecule has 0 saturated carbocycles. The third-order valence-corrected chi connectivity index (χ3v) is 3.42. The van der Waals surface area contributed by atoms with Crippen LogP contribution in [-0.2, 0) is 7.05 Å². The minimum Gasteiger partial charge on any atom is -0.371 e. The van der Waals surface area contributed by atoms with Gasteiger partial charge >= 0.3 is 0 Å². The summed E-state index contributed by atoms with van der Waals surface area (Å²) >= 11 is 0. The molecule has 18 heavy (non-hydrogen) atoms. The van der Waals surface area contributed by atoms with Crippen LogP contribution in [0.15, 0.2) is 18.2 Å². The third kappa shape index (κ3) is 1.96. The summed E-state index contributed by atoms with van der Waals surface area (Å²) in [7, 11) is 1.78. The Bertz CT molecular complexity index is 554. The first-order chi connectivity index (χ1) is 8.74. The Morgan fingerprint density at radius 2 is 1.94 bits per heavy atom. The van der Waals surface area contributed by atoms with Crippen LogP contribution in [-0.4, -0.2) is 33.3 Å². The quantitative estimate of drug-likeness (QED) is 0.806. The van der Waals surface area contributed by atoms with Crippen molar-refractivity contribution < 1.29 is 0 Å². The molecule has 1 aromatic heterocycles. The van der Waals surface area contributed by atoms with E-state index >= 15 is 0 Å². The molecule has 3 rings (SSSR count). The highest BCUT2D eigenvalue weighted by Gasteiger charge is 2.16. The molecule has 1 aromatic carbocycles. The van der Waals surface area contributed by atoms with Gasteiger partial charge in [-0.05, 0) is 36.6 Å². The summed E-state index contributed by atoms with van der Waals surface area (Å²) in [5.74, 6) is 0.693. The second-order valence-electron chi connectivity index (χ2n) is 4.80. The third-order valence-electron chi connectivity index (χ3n) is 3.42. The Morgan fingerprint density at radius 3 is 2.61 bits per heavy atom. The number of hydrogen-bond acceptors (Lipinski definition) is 4. The van der Waals surface area contributed by atoms with E-state index in [1.165, 1.54) is 28.9 Å². The SMILES string of the molecule is Cc1ccc(-c2nnn(C)n2)cc1N1CCCC1. The van der Waals surface area contributed by atoms with Gasteiger partial charge in [0.2, 0.25) is 5.82 Å². The summed E-state index contributed by atoms with van der Waals surface area (Å²) in [5, 5.41) is 12.2. The molecule has 94 valence electrons. The average Bonchev–Trinajstić information content (AvgIpc) is 3.01. The highest BCUT2D eigenvalue weighted by Crippen LogP contribution is 2.28. The lowest BCUT2D eigenvalue weighted by Gasteiger charge is -2.20. The van der Waals surface area contributed by atoms with Gasteiger partial charge in [0.25, 0.3) is 0 Å². The Hall–Kier alpha value is -1.91. The summed E-state index contributed by atoms with van der Waals surface area (Å²) in [6.45, 7) is 4.46. The zero-order valence-electron chi connectivity index (χ0n) is 10.8. The summed E-state index contributed by atoms with van der Waals surface area (Å²) in [6.07, 6.45) is 2.57. The number of aromatic nitrogens is 4. The van der Waals surface area contributed by atoms with Crippen LogP contribution in [0.5, 0.6) is 0 Å². The molecule has 0 aliphatic carbocycles. The van der Waals surface area contributed by atoms with Crippen molar-refractivity contribution in [1.29, 1.82) is 0 Å². The van der Waals surface area contributed by atoms with Crippen molar-refractivity contribution in [2.45, 2.75) is 19.8 Å². The fraction of sp³-hybridized carbons (Fsp3) is 0.462. The van der Waals surface area contributed by atoms with Gasteiger partial charge in [-0.3, -0.25) is 0 Å². The van der Waals surface area contributed by atoms with Gasteiger partial charge in [-0.1, -0.05) is 12.1 Å². The second-order valence-corrected chi connectivity index (χ2v) is 4.80. The van der Waals surface area contributed by atoms with Crippen LogP contribution in [0.4, 0.5) is 5.69 Å². The normalized spacial score (nSPS) is 15.3. The summed E-state index contributed by atoms with van der Waals surface area (Å²) < 4.78 is 0. The molecule has 0 atom stereocenters. The first-order valence-electron chi connectivity index (χ1n) is 6.34. The number of nitrogens with zero attached hydrogens (tertiary/aromatic N) is 5. The van der Waals surface area contributed by atoms with E-state index in [0.717, 1.165) is 18.7 Å². The molecule has 0 amide bonds. The first kappa shape index (κ1) is 11.2. The molecule has 1 aliphatic rings. The number of anilines is 1. The number of rotatable bonds is 2. The molecule has 2 heterocycles. The summed E-state index contributed by atoms with van der Waals surface area (Å²) in [5.41, 5.74) is 3.65. The predicted octanol–water partition coefficient (Wildman–Crippen LogP) is 1.79. The minimum absolute atomic E-state index is 0.693. The van der Waals surface area contributed by atoms with Crippen LogP contribution in [0.3, 0.4) is 0 Å². The first-order valence-corrected chi connectivity index (χ1v) is 6.34. The molecular weight excluding hydrogens is 226 g/mol. The predicted molar refractivity (Wildman–Crippen MR) is 70.4 cm³/mol. The fourth-order valence-corrected chi connectivity index (χ4v) is 2.45. The van der Waals surface area contributed by atoms with Gasteiger partial charge in [-0.2, -0.15) is 4.80 Å². The second kappa shape index (κ2) is 4.40. The van der Waals surface area contributed by atoms with Gasteiger partial charge in [0.05, 0.1) is 7.05 Å². The maximum absolute atomic E-state index is 4.25. The standard InChI is InChI=1S/C13H17N5/c1-10-5-6-11(13-14-16-17(2)15-13)9-12(10)18-7-3-4-8-18/h5-6,9H,3-4,7-8H2,1-2H3. The van der Waals surface area contributed by atoms with E-state index in [2.05, 4.69) is 45.4 Å². The lowest BCUT2D eigenvalue weighted by Crippen LogP contribution is -2.18. The zero-order valence-corrected chi connectivity index (χ0v) is 10.8. The number of aryl methyl sites for hydroxylation is 2. The molecular formula is C13H17N5. The van der Waals surface area contributed by atoms with Crippen molar-refractivity contribution in [3.05, 3.63) is 23.8 Å². The molecule has 0 N–H and O–H groups in total. The number of benzene rings is 1. The van der Waals surface area contributed by atoms with E-state index in [0.29, 0.717) is 5.82 Å². The van der Waals surface area contributed by atoms with Crippen molar-refractivity contribution in [3.63, 3.8) is 0 Å². The molecule has 0 unspecified atom stereocenters. The molecule has 1 saturated heterocycles. The van der Waals surface area contributed by atoms with E-state index in [-0.39, 0.29) is 0 Å². The molecule has 5 nitrogen and oxygen atoms in total. The molecule has 1 aliphatic heterocycles. The minimum atomic E-state index is 0.693. The van der Waals surface area contributed by atoms with Crippen molar-refractivity contribution in [3.8, 4) is 11.4 Å². The molecule has 0 spiro atoms. The number of hydrogen-bond donors (Lipinski definition) is 0. The van der Waals surface area contributed by atoms with Gasteiger partial charge < -0.3 is 4.90 Å². The van der Waals surface area contributed by atoms with Crippen LogP contribution < -0.4 is 4.90 Å². The molecule has 0 radical (unpaired) electrons.